The zero-order valence-corrected chi connectivity index (χ0v) is 7.33. The van der Waals surface area contributed by atoms with E-state index in [1.54, 1.807) is 0 Å². The zero-order chi connectivity index (χ0) is 3.41. The fraction of sp³-hybridized carbons (Fsp3) is 1.00. The first-order valence-corrected chi connectivity index (χ1v) is 0.956. The maximum absolute atomic E-state index is 7.22. The molecule has 0 aromatic heterocycles. The van der Waals surface area contributed by atoms with Gasteiger partial charge in [0.1, 0.15) is 0 Å². The van der Waals surface area contributed by atoms with Crippen LogP contribution in [0.1, 0.15) is 7.43 Å². The Bertz CT molecular complexity index is 48.8. The fourth-order valence-electron chi connectivity index (χ4n) is 0. The Balaban J connectivity index is -0.0000000450. The molecule has 0 aliphatic carbocycles. The Hall–Kier alpha value is 0.752. The fourth-order valence-corrected chi connectivity index (χ4v) is 0. The molecule has 0 aromatic carbocycles. The molecule has 0 spiro atoms. The monoisotopic (exact) mass is 235 g/mol. The van der Waals surface area contributed by atoms with E-state index in [0.717, 1.165) is 0 Å². The zero-order valence-electron chi connectivity index (χ0n) is 2.35. The molecule has 0 unspecified atom stereocenters. The van der Waals surface area contributed by atoms with Gasteiger partial charge in [-0.25, -0.2) is 0 Å². The Morgan fingerprint density at radius 1 is 1.67 bits per heavy atom. The van der Waals surface area contributed by atoms with Crippen LogP contribution >= 0.6 is 0 Å². The van der Waals surface area contributed by atoms with Crippen molar-refractivity contribution < 1.29 is 43.5 Å². The molecule has 6 heavy (non-hydrogen) atoms. The van der Waals surface area contributed by atoms with Gasteiger partial charge in [-0.3, -0.25) is 0 Å². The van der Waals surface area contributed by atoms with Crippen LogP contribution in [0.4, 0.5) is 0 Å². The van der Waals surface area contributed by atoms with Gasteiger partial charge >= 0.3 is 30.8 Å². The van der Waals surface area contributed by atoms with Crippen molar-refractivity contribution in [3.8, 4) is 0 Å². The van der Waals surface area contributed by atoms with Crippen molar-refractivity contribution >= 4 is 0 Å². The molecule has 0 amide bonds. The third-order valence-electron chi connectivity index (χ3n) is 0.0270. The molecule has 0 radical (unpaired) electrons. The average Bonchev–Trinajstić information content (AvgIpc) is 1.37. The molecule has 0 N–H and O–H groups in total. The van der Waals surface area contributed by atoms with Gasteiger partial charge in [0, 0.05) is 27.3 Å². The number of nitrogens with zero attached hydrogens (tertiary/aromatic N) is 3. The molecule has 0 atom stereocenters. The van der Waals surface area contributed by atoms with E-state index in [4.69, 9.17) is 5.53 Å². The molecule has 0 aromatic rings. The van der Waals surface area contributed by atoms with Crippen LogP contribution in [0.15, 0.2) is 4.13 Å². The molecule has 0 bridgehead atoms. The average molecular weight is 234 g/mol. The van der Waals surface area contributed by atoms with Crippen LogP contribution in [-0.2, 0) is 43.5 Å². The molecule has 0 rings (SSSR count). The topological polar surface area (TPSA) is 48.8 Å². The Kier molecular flexibility index (Phi) is 45.4. The second-order valence-electron chi connectivity index (χ2n) is 0.150. The van der Waals surface area contributed by atoms with Gasteiger partial charge < -0.3 is 0 Å². The van der Waals surface area contributed by atoms with Crippen LogP contribution in [0.2, 0.25) is 0 Å². The quantitative estimate of drug-likeness (QED) is 0.263. The van der Waals surface area contributed by atoms with Gasteiger partial charge in [0.2, 0.25) is 0 Å². The standard InChI is InChI=1S/CH4.Cd.Cu.N3/c;;;1-3-2/h1H4;;;/q;;+1;-1. The Morgan fingerprint density at radius 3 is 1.83 bits per heavy atom. The van der Waals surface area contributed by atoms with Crippen molar-refractivity contribution in [3.63, 3.8) is 0 Å². The van der Waals surface area contributed by atoms with Crippen molar-refractivity contribution in [2.45, 2.75) is 7.43 Å². The summed E-state index contributed by atoms with van der Waals surface area (Å²) in [6.45, 7) is 0. The van der Waals surface area contributed by atoms with E-state index in [2.05, 4.69) is 25.3 Å². The van der Waals surface area contributed by atoms with Gasteiger partial charge in [0.25, 0.3) is 0 Å². The van der Waals surface area contributed by atoms with E-state index in [0.29, 0.717) is 0 Å². The summed E-state index contributed by atoms with van der Waals surface area (Å²) < 4.78 is 2.48. The van der Waals surface area contributed by atoms with Gasteiger partial charge in [0.15, 0.2) is 0 Å². The molecule has 0 aliphatic rings. The van der Waals surface area contributed by atoms with E-state index in [1.807, 2.05) is 0 Å². The predicted octanol–water partition coefficient (Wildman–Crippen LogP) is 1.39. The summed E-state index contributed by atoms with van der Waals surface area (Å²) in [5.74, 6) is 0. The normalized spacial score (nSPS) is 3.00. The van der Waals surface area contributed by atoms with Crippen LogP contribution in [0, 0.1) is 0 Å². The predicted molar refractivity (Wildman–Crippen MR) is 15.9 cm³/mol. The van der Waals surface area contributed by atoms with Crippen LogP contribution < -0.4 is 0 Å². The molecule has 36 valence electrons. The van der Waals surface area contributed by atoms with E-state index in [-0.39, 0.29) is 34.7 Å². The van der Waals surface area contributed by atoms with Gasteiger partial charge in [-0.15, -0.1) is 0 Å². The SMILES string of the molecule is C.[Cd].[N-]=[N+]=[N][Cu]. The van der Waals surface area contributed by atoms with Crippen molar-refractivity contribution in [3.05, 3.63) is 10.4 Å². The van der Waals surface area contributed by atoms with Crippen molar-refractivity contribution in [1.82, 2.24) is 0 Å². The van der Waals surface area contributed by atoms with Gasteiger partial charge in [0.05, 0.1) is 0 Å². The summed E-state index contributed by atoms with van der Waals surface area (Å²) >= 11 is 3.88. The maximum atomic E-state index is 7.22. The summed E-state index contributed by atoms with van der Waals surface area (Å²) in [4.78, 5) is 2.17. The molecule has 0 saturated heterocycles. The Morgan fingerprint density at radius 2 is 1.83 bits per heavy atom. The molecule has 0 saturated carbocycles. The molecular weight excluding hydrogens is 230 g/mol. The first-order chi connectivity index (χ1) is 1.91. The van der Waals surface area contributed by atoms with E-state index in [9.17, 15) is 0 Å². The number of azide groups is 1. The minimum atomic E-state index is 0. The summed E-state index contributed by atoms with van der Waals surface area (Å²) in [5, 5.41) is 0. The molecule has 0 aliphatic heterocycles. The third kappa shape index (κ3) is 21.8. The summed E-state index contributed by atoms with van der Waals surface area (Å²) in [6, 6.07) is 0. The first-order valence-electron chi connectivity index (χ1n) is 0.535. The number of hydrogen-bond donors (Lipinski definition) is 0. The van der Waals surface area contributed by atoms with Gasteiger partial charge in [-0.05, 0) is 0 Å². The van der Waals surface area contributed by atoms with Crippen molar-refractivity contribution in [2.24, 2.45) is 4.13 Å². The summed E-state index contributed by atoms with van der Waals surface area (Å²) in [5.41, 5.74) is 7.22. The molecular formula is CH4CdCuN3. The van der Waals surface area contributed by atoms with Crippen molar-refractivity contribution in [1.29, 1.82) is 0 Å². The van der Waals surface area contributed by atoms with E-state index in [1.165, 1.54) is 0 Å². The molecule has 3 nitrogen and oxygen atoms in total. The van der Waals surface area contributed by atoms with E-state index < -0.39 is 0 Å². The number of hydrogen-bond acceptors (Lipinski definition) is 1. The van der Waals surface area contributed by atoms with Crippen LogP contribution in [-0.4, -0.2) is 0 Å². The van der Waals surface area contributed by atoms with Gasteiger partial charge in [-0.1, -0.05) is 7.43 Å². The molecule has 0 heterocycles. The molecule has 5 heteroatoms. The second kappa shape index (κ2) is 17.2. The van der Waals surface area contributed by atoms with Crippen LogP contribution in [0.3, 0.4) is 0 Å². The molecule has 0 fully saturated rings. The second-order valence-corrected chi connectivity index (χ2v) is 0.338. The van der Waals surface area contributed by atoms with Crippen molar-refractivity contribution in [2.75, 3.05) is 0 Å². The van der Waals surface area contributed by atoms with Crippen LogP contribution in [0.5, 0.6) is 0 Å². The third-order valence-corrected chi connectivity index (χ3v) is 0.111. The van der Waals surface area contributed by atoms with E-state index >= 15 is 0 Å². The first kappa shape index (κ1) is 15.9. The Labute approximate surface area is 65.3 Å². The summed E-state index contributed by atoms with van der Waals surface area (Å²) in [6.07, 6.45) is 0. The number of rotatable bonds is 0. The minimum absolute atomic E-state index is 0. The van der Waals surface area contributed by atoms with Gasteiger partial charge in [-0.2, -0.15) is 0 Å². The summed E-state index contributed by atoms with van der Waals surface area (Å²) in [7, 11) is 0. The van der Waals surface area contributed by atoms with Crippen LogP contribution in [0.25, 0.3) is 10.4 Å².